The molecule has 1 aromatic carbocycles. The van der Waals surface area contributed by atoms with Gasteiger partial charge >= 0.3 is 6.18 Å². The van der Waals surface area contributed by atoms with Crippen LogP contribution >= 0.6 is 0 Å². The van der Waals surface area contributed by atoms with Gasteiger partial charge in [-0.2, -0.15) is 18.4 Å². The molecule has 0 saturated carbocycles. The van der Waals surface area contributed by atoms with Crippen molar-refractivity contribution < 1.29 is 22.4 Å². The van der Waals surface area contributed by atoms with Crippen LogP contribution in [0.4, 0.5) is 19.0 Å². The SMILES string of the molecule is N#Cc1cc(-c2ccc(=O)n(C(=O)Cc3ccc(C(F)(F)F)cc3)c2)c(-c2ccco2)nc1N. The monoisotopic (exact) mass is 464 g/mol. The molecule has 7 nitrogen and oxygen atoms in total. The minimum Gasteiger partial charge on any atom is -0.463 e. The number of halogens is 3. The summed E-state index contributed by atoms with van der Waals surface area (Å²) in [5.74, 6) is -0.292. The molecule has 0 atom stereocenters. The quantitative estimate of drug-likeness (QED) is 0.475. The molecule has 10 heteroatoms. The number of furan rings is 1. The highest BCUT2D eigenvalue weighted by molar-refractivity contribution is 5.85. The first-order chi connectivity index (χ1) is 16.2. The normalized spacial score (nSPS) is 11.2. The third-order valence-electron chi connectivity index (χ3n) is 5.05. The van der Waals surface area contributed by atoms with Crippen molar-refractivity contribution in [3.8, 4) is 28.7 Å². The first-order valence-corrected chi connectivity index (χ1v) is 9.84. The van der Waals surface area contributed by atoms with Crippen LogP contribution in [0.5, 0.6) is 0 Å². The van der Waals surface area contributed by atoms with Gasteiger partial charge in [-0.05, 0) is 42.0 Å². The van der Waals surface area contributed by atoms with E-state index in [0.29, 0.717) is 28.1 Å². The zero-order chi connectivity index (χ0) is 24.5. The lowest BCUT2D eigenvalue weighted by molar-refractivity contribution is -0.137. The fourth-order valence-electron chi connectivity index (χ4n) is 3.35. The van der Waals surface area contributed by atoms with Gasteiger partial charge in [0.1, 0.15) is 17.6 Å². The fraction of sp³-hybridized carbons (Fsp3) is 0.0833. The molecule has 0 fully saturated rings. The predicted molar refractivity (Wildman–Crippen MR) is 117 cm³/mol. The van der Waals surface area contributed by atoms with Crippen molar-refractivity contribution in [2.24, 2.45) is 0 Å². The smallest absolute Gasteiger partial charge is 0.416 e. The van der Waals surface area contributed by atoms with E-state index in [0.717, 1.165) is 16.7 Å². The molecule has 4 rings (SSSR count). The summed E-state index contributed by atoms with van der Waals surface area (Å²) in [4.78, 5) is 29.5. The maximum atomic E-state index is 12.8. The first kappa shape index (κ1) is 22.5. The van der Waals surface area contributed by atoms with Crippen LogP contribution in [-0.2, 0) is 12.6 Å². The maximum absolute atomic E-state index is 12.8. The summed E-state index contributed by atoms with van der Waals surface area (Å²) < 4.78 is 44.6. The summed E-state index contributed by atoms with van der Waals surface area (Å²) in [6.45, 7) is 0. The molecule has 0 aliphatic heterocycles. The predicted octanol–water partition coefficient (Wildman–Crippen LogP) is 4.53. The molecule has 0 radical (unpaired) electrons. The number of anilines is 1. The van der Waals surface area contributed by atoms with E-state index >= 15 is 0 Å². The topological polar surface area (TPSA) is 115 Å². The average molecular weight is 464 g/mol. The minimum atomic E-state index is -4.49. The number of nitriles is 1. The standard InChI is InChI=1S/C24H15F3N4O3/c25-24(26,27)17-6-3-14(4-7-17)10-21(33)31-13-15(5-8-20(31)32)18-11-16(12-28)23(29)30-22(18)19-2-1-9-34-19/h1-9,11,13H,10H2,(H2,29,30). The van der Waals surface area contributed by atoms with E-state index in [1.54, 1.807) is 12.1 Å². The average Bonchev–Trinajstić information content (AvgIpc) is 3.34. The molecule has 3 heterocycles. The van der Waals surface area contributed by atoms with Gasteiger partial charge in [-0.3, -0.25) is 14.2 Å². The molecule has 0 saturated heterocycles. The second-order valence-electron chi connectivity index (χ2n) is 7.30. The van der Waals surface area contributed by atoms with Crippen molar-refractivity contribution in [1.82, 2.24) is 9.55 Å². The van der Waals surface area contributed by atoms with Crippen LogP contribution in [-0.4, -0.2) is 15.5 Å². The van der Waals surface area contributed by atoms with Gasteiger partial charge in [0, 0.05) is 23.4 Å². The molecule has 0 bridgehead atoms. The van der Waals surface area contributed by atoms with E-state index < -0.39 is 23.2 Å². The Bertz CT molecular complexity index is 1470. The molecule has 2 N–H and O–H groups in total. The number of carbonyl (C=O) groups is 1. The van der Waals surface area contributed by atoms with E-state index in [4.69, 9.17) is 10.2 Å². The summed E-state index contributed by atoms with van der Waals surface area (Å²) >= 11 is 0. The highest BCUT2D eigenvalue weighted by atomic mass is 19.4. The summed E-state index contributed by atoms with van der Waals surface area (Å²) in [7, 11) is 0. The minimum absolute atomic E-state index is 0.00986. The molecule has 0 unspecified atom stereocenters. The van der Waals surface area contributed by atoms with Gasteiger partial charge < -0.3 is 10.2 Å². The number of alkyl halides is 3. The van der Waals surface area contributed by atoms with Gasteiger partial charge in [-0.1, -0.05) is 12.1 Å². The molecule has 0 spiro atoms. The van der Waals surface area contributed by atoms with Gasteiger partial charge in [0.05, 0.1) is 23.8 Å². The van der Waals surface area contributed by atoms with Gasteiger partial charge in [0.15, 0.2) is 5.76 Å². The van der Waals surface area contributed by atoms with E-state index in [-0.39, 0.29) is 17.8 Å². The molecular formula is C24H15F3N4O3. The first-order valence-electron chi connectivity index (χ1n) is 9.84. The number of hydrogen-bond donors (Lipinski definition) is 1. The highest BCUT2D eigenvalue weighted by Crippen LogP contribution is 2.33. The van der Waals surface area contributed by atoms with Crippen molar-refractivity contribution in [1.29, 1.82) is 5.26 Å². The van der Waals surface area contributed by atoms with Crippen LogP contribution in [0.15, 0.2) is 76.3 Å². The Balaban J connectivity index is 1.73. The molecular weight excluding hydrogens is 449 g/mol. The zero-order valence-corrected chi connectivity index (χ0v) is 17.3. The number of benzene rings is 1. The molecule has 0 aliphatic carbocycles. The molecule has 0 amide bonds. The van der Waals surface area contributed by atoms with Gasteiger partial charge in [-0.15, -0.1) is 0 Å². The van der Waals surface area contributed by atoms with E-state index in [2.05, 4.69) is 4.98 Å². The Kier molecular flexibility index (Phi) is 5.77. The fourth-order valence-corrected chi connectivity index (χ4v) is 3.35. The van der Waals surface area contributed by atoms with Crippen LogP contribution in [0.3, 0.4) is 0 Å². The number of aromatic nitrogens is 2. The molecule has 3 aromatic heterocycles. The number of pyridine rings is 2. The maximum Gasteiger partial charge on any atom is 0.416 e. The number of carbonyl (C=O) groups excluding carboxylic acids is 1. The van der Waals surface area contributed by atoms with Crippen molar-refractivity contribution in [3.63, 3.8) is 0 Å². The summed E-state index contributed by atoms with van der Waals surface area (Å²) in [5.41, 5.74) is 5.90. The van der Waals surface area contributed by atoms with Crippen LogP contribution in [0.2, 0.25) is 0 Å². The number of hydrogen-bond acceptors (Lipinski definition) is 6. The third-order valence-corrected chi connectivity index (χ3v) is 5.05. The van der Waals surface area contributed by atoms with Crippen molar-refractivity contribution >= 4 is 11.7 Å². The van der Waals surface area contributed by atoms with Gasteiger partial charge in [0.2, 0.25) is 5.91 Å². The molecule has 170 valence electrons. The number of rotatable bonds is 4. The van der Waals surface area contributed by atoms with E-state index in [1.165, 1.54) is 42.8 Å². The molecule has 4 aromatic rings. The Hall–Kier alpha value is -4.65. The van der Waals surface area contributed by atoms with Crippen LogP contribution < -0.4 is 11.3 Å². The second kappa shape index (κ2) is 8.71. The van der Waals surface area contributed by atoms with Crippen LogP contribution in [0.1, 0.15) is 21.5 Å². The van der Waals surface area contributed by atoms with E-state index in [1.807, 2.05) is 6.07 Å². The van der Waals surface area contributed by atoms with Crippen LogP contribution in [0, 0.1) is 11.3 Å². The van der Waals surface area contributed by atoms with Gasteiger partial charge in [0.25, 0.3) is 5.56 Å². The zero-order valence-electron chi connectivity index (χ0n) is 17.3. The third kappa shape index (κ3) is 4.45. The Morgan fingerprint density at radius 1 is 1.15 bits per heavy atom. The number of nitrogen functional groups attached to an aromatic ring is 1. The number of nitrogens with zero attached hydrogens (tertiary/aromatic N) is 3. The Morgan fingerprint density at radius 3 is 2.50 bits per heavy atom. The summed E-state index contributed by atoms with van der Waals surface area (Å²) in [5, 5.41) is 9.36. The van der Waals surface area contributed by atoms with Crippen molar-refractivity contribution in [2.75, 3.05) is 5.73 Å². The van der Waals surface area contributed by atoms with Crippen molar-refractivity contribution in [2.45, 2.75) is 12.6 Å². The Morgan fingerprint density at radius 2 is 1.88 bits per heavy atom. The van der Waals surface area contributed by atoms with E-state index in [9.17, 15) is 28.0 Å². The van der Waals surface area contributed by atoms with Gasteiger partial charge in [-0.25, -0.2) is 4.98 Å². The second-order valence-corrected chi connectivity index (χ2v) is 7.30. The number of nitrogens with two attached hydrogens (primary N) is 1. The lowest BCUT2D eigenvalue weighted by atomic mass is 10.0. The highest BCUT2D eigenvalue weighted by Gasteiger charge is 2.30. The van der Waals surface area contributed by atoms with Crippen molar-refractivity contribution in [3.05, 3.63) is 94.1 Å². The summed E-state index contributed by atoms with van der Waals surface area (Å²) in [6, 6.07) is 13.5. The lowest BCUT2D eigenvalue weighted by Crippen LogP contribution is -2.27. The lowest BCUT2D eigenvalue weighted by Gasteiger charge is -2.12. The molecule has 34 heavy (non-hydrogen) atoms. The largest absolute Gasteiger partial charge is 0.463 e. The molecule has 0 aliphatic rings. The summed E-state index contributed by atoms with van der Waals surface area (Å²) in [6.07, 6.45) is -2.07. The van der Waals surface area contributed by atoms with Crippen LogP contribution in [0.25, 0.3) is 22.6 Å². The Labute approximate surface area is 190 Å².